The van der Waals surface area contributed by atoms with Crippen LogP contribution in [-0.4, -0.2) is 11.1 Å². The highest BCUT2D eigenvalue weighted by molar-refractivity contribution is 5.66. The molecule has 0 aliphatic heterocycles. The van der Waals surface area contributed by atoms with Gasteiger partial charge in [0.25, 0.3) is 0 Å². The molecule has 9 heavy (non-hydrogen) atoms. The summed E-state index contributed by atoms with van der Waals surface area (Å²) in [6.45, 7) is 2.06. The average Bonchev–Trinajstić information content (AvgIpc) is 1.80. The van der Waals surface area contributed by atoms with Crippen molar-refractivity contribution in [1.29, 1.82) is 0 Å². The second kappa shape index (κ2) is 5.60. The highest BCUT2D eigenvalue weighted by Gasteiger charge is 1.94. The van der Waals surface area contributed by atoms with Gasteiger partial charge >= 0.3 is 5.97 Å². The summed E-state index contributed by atoms with van der Waals surface area (Å²) < 4.78 is 0. The fraction of sp³-hybridized carbons (Fsp3) is 0.714. The molecule has 0 heterocycles. The standard InChI is InChI=1S/C7H13O2/c1-2-3-4-5-6-7(8)9/h3H,2,4-6H2,1H3,(H,8,9). The third kappa shape index (κ3) is 7.47. The van der Waals surface area contributed by atoms with Crippen LogP contribution >= 0.6 is 0 Å². The molecule has 0 spiro atoms. The second-order valence-corrected chi connectivity index (χ2v) is 1.98. The van der Waals surface area contributed by atoms with Gasteiger partial charge in [0.1, 0.15) is 0 Å². The van der Waals surface area contributed by atoms with Crippen molar-refractivity contribution in [3.8, 4) is 0 Å². The summed E-state index contributed by atoms with van der Waals surface area (Å²) in [6, 6.07) is 0. The first-order valence-corrected chi connectivity index (χ1v) is 3.30. The van der Waals surface area contributed by atoms with Crippen LogP contribution in [0.1, 0.15) is 32.6 Å². The van der Waals surface area contributed by atoms with E-state index in [2.05, 4.69) is 13.3 Å². The summed E-state index contributed by atoms with van der Waals surface area (Å²) in [7, 11) is 0. The van der Waals surface area contributed by atoms with Crippen molar-refractivity contribution in [2.75, 3.05) is 0 Å². The predicted molar refractivity (Wildman–Crippen MR) is 36.1 cm³/mol. The molecule has 2 nitrogen and oxygen atoms in total. The summed E-state index contributed by atoms with van der Waals surface area (Å²) in [5, 5.41) is 8.20. The van der Waals surface area contributed by atoms with Gasteiger partial charge in [-0.25, -0.2) is 0 Å². The predicted octanol–water partition coefficient (Wildman–Crippen LogP) is 1.86. The van der Waals surface area contributed by atoms with E-state index < -0.39 is 5.97 Å². The summed E-state index contributed by atoms with van der Waals surface area (Å²) in [4.78, 5) is 9.95. The maximum absolute atomic E-state index is 9.95. The van der Waals surface area contributed by atoms with Crippen LogP contribution < -0.4 is 0 Å². The minimum atomic E-state index is -0.695. The first-order valence-electron chi connectivity index (χ1n) is 3.30. The Morgan fingerprint density at radius 2 is 2.33 bits per heavy atom. The second-order valence-electron chi connectivity index (χ2n) is 1.98. The van der Waals surface area contributed by atoms with E-state index in [1.54, 1.807) is 0 Å². The summed E-state index contributed by atoms with van der Waals surface area (Å²) in [6.07, 6.45) is 5.16. The molecule has 0 aromatic heterocycles. The number of carboxylic acid groups (broad SMARTS) is 1. The minimum absolute atomic E-state index is 0.302. The van der Waals surface area contributed by atoms with E-state index >= 15 is 0 Å². The van der Waals surface area contributed by atoms with Crippen LogP contribution in [0.3, 0.4) is 0 Å². The van der Waals surface area contributed by atoms with Crippen molar-refractivity contribution >= 4 is 5.97 Å². The van der Waals surface area contributed by atoms with Crippen LogP contribution in [0.5, 0.6) is 0 Å². The monoisotopic (exact) mass is 129 g/mol. The van der Waals surface area contributed by atoms with Crippen LogP contribution in [0.25, 0.3) is 0 Å². The number of carbonyl (C=O) groups is 1. The molecule has 1 radical (unpaired) electrons. The van der Waals surface area contributed by atoms with Gasteiger partial charge in [-0.2, -0.15) is 0 Å². The molecule has 0 aliphatic rings. The Bertz CT molecular complexity index is 79.0. The lowest BCUT2D eigenvalue weighted by Crippen LogP contribution is -1.93. The van der Waals surface area contributed by atoms with Gasteiger partial charge in [-0.05, 0) is 19.3 Å². The van der Waals surface area contributed by atoms with Crippen molar-refractivity contribution in [1.82, 2.24) is 0 Å². The molecule has 53 valence electrons. The molecule has 0 atom stereocenters. The summed E-state index contributed by atoms with van der Waals surface area (Å²) in [5.74, 6) is -0.695. The van der Waals surface area contributed by atoms with E-state index in [0.29, 0.717) is 6.42 Å². The van der Waals surface area contributed by atoms with E-state index in [1.165, 1.54) is 0 Å². The molecule has 0 unspecified atom stereocenters. The first kappa shape index (κ1) is 8.47. The number of hydrogen-bond donors (Lipinski definition) is 1. The molecule has 0 aromatic carbocycles. The highest BCUT2D eigenvalue weighted by atomic mass is 16.4. The molecule has 0 saturated carbocycles. The van der Waals surface area contributed by atoms with Gasteiger partial charge in [-0.15, -0.1) is 0 Å². The van der Waals surface area contributed by atoms with E-state index in [1.807, 2.05) is 0 Å². The Morgan fingerprint density at radius 1 is 1.67 bits per heavy atom. The van der Waals surface area contributed by atoms with E-state index in [4.69, 9.17) is 5.11 Å². The van der Waals surface area contributed by atoms with Crippen molar-refractivity contribution in [2.24, 2.45) is 0 Å². The highest BCUT2D eigenvalue weighted by Crippen LogP contribution is 2.00. The maximum Gasteiger partial charge on any atom is 0.303 e. The fourth-order valence-corrected chi connectivity index (χ4v) is 0.602. The van der Waals surface area contributed by atoms with Crippen LogP contribution in [0.2, 0.25) is 0 Å². The Labute approximate surface area is 55.9 Å². The van der Waals surface area contributed by atoms with Crippen LogP contribution in [0, 0.1) is 6.42 Å². The third-order valence-corrected chi connectivity index (χ3v) is 1.09. The lowest BCUT2D eigenvalue weighted by atomic mass is 10.2. The average molecular weight is 129 g/mol. The van der Waals surface area contributed by atoms with E-state index in [9.17, 15) is 4.79 Å². The number of aliphatic carboxylic acids is 1. The van der Waals surface area contributed by atoms with Gasteiger partial charge in [-0.1, -0.05) is 13.3 Å². The van der Waals surface area contributed by atoms with Gasteiger partial charge in [0, 0.05) is 6.42 Å². The van der Waals surface area contributed by atoms with Crippen molar-refractivity contribution in [3.63, 3.8) is 0 Å². The van der Waals surface area contributed by atoms with Gasteiger partial charge < -0.3 is 5.11 Å². The van der Waals surface area contributed by atoms with Crippen molar-refractivity contribution in [2.45, 2.75) is 32.6 Å². The summed E-state index contributed by atoms with van der Waals surface area (Å²) >= 11 is 0. The molecule has 0 fully saturated rings. The van der Waals surface area contributed by atoms with E-state index in [0.717, 1.165) is 19.3 Å². The zero-order chi connectivity index (χ0) is 7.11. The van der Waals surface area contributed by atoms with Crippen LogP contribution in [0.4, 0.5) is 0 Å². The molecule has 2 heteroatoms. The topological polar surface area (TPSA) is 37.3 Å². The zero-order valence-electron chi connectivity index (χ0n) is 5.76. The number of unbranched alkanes of at least 4 members (excludes halogenated alkanes) is 3. The van der Waals surface area contributed by atoms with Gasteiger partial charge in [0.2, 0.25) is 0 Å². The number of hydrogen-bond acceptors (Lipinski definition) is 1. The minimum Gasteiger partial charge on any atom is -0.481 e. The fourth-order valence-electron chi connectivity index (χ4n) is 0.602. The Balaban J connectivity index is 2.83. The smallest absolute Gasteiger partial charge is 0.303 e. The molecule has 0 amide bonds. The lowest BCUT2D eigenvalue weighted by molar-refractivity contribution is -0.137. The maximum atomic E-state index is 9.95. The number of carboxylic acids is 1. The molecular formula is C7H13O2. The normalized spacial score (nSPS) is 9.44. The molecular weight excluding hydrogens is 116 g/mol. The van der Waals surface area contributed by atoms with Gasteiger partial charge in [0.15, 0.2) is 0 Å². The Morgan fingerprint density at radius 3 is 2.78 bits per heavy atom. The van der Waals surface area contributed by atoms with Gasteiger partial charge in [-0.3, -0.25) is 4.79 Å². The zero-order valence-corrected chi connectivity index (χ0v) is 5.76. The van der Waals surface area contributed by atoms with Gasteiger partial charge in [0.05, 0.1) is 0 Å². The number of rotatable bonds is 5. The molecule has 0 aromatic rings. The lowest BCUT2D eigenvalue weighted by Gasteiger charge is -1.92. The molecule has 1 N–H and O–H groups in total. The molecule has 0 rings (SSSR count). The summed E-state index contributed by atoms with van der Waals surface area (Å²) in [5.41, 5.74) is 0. The Hall–Kier alpha value is -0.530. The SMILES string of the molecule is CC[CH]CCCC(=O)O. The molecule has 0 aliphatic carbocycles. The van der Waals surface area contributed by atoms with Crippen LogP contribution in [0.15, 0.2) is 0 Å². The third-order valence-electron chi connectivity index (χ3n) is 1.09. The quantitative estimate of drug-likeness (QED) is 0.575. The molecule has 0 saturated heterocycles. The van der Waals surface area contributed by atoms with E-state index in [-0.39, 0.29) is 0 Å². The van der Waals surface area contributed by atoms with Crippen LogP contribution in [-0.2, 0) is 4.79 Å². The van der Waals surface area contributed by atoms with Crippen molar-refractivity contribution < 1.29 is 9.90 Å². The Kier molecular flexibility index (Phi) is 5.27. The first-order chi connectivity index (χ1) is 4.27. The van der Waals surface area contributed by atoms with Crippen molar-refractivity contribution in [3.05, 3.63) is 6.42 Å². The molecule has 0 bridgehead atoms. The largest absolute Gasteiger partial charge is 0.481 e.